The quantitative estimate of drug-likeness (QED) is 0.602. The topological polar surface area (TPSA) is 21.3 Å². The van der Waals surface area contributed by atoms with Crippen LogP contribution in [0.3, 0.4) is 0 Å². The van der Waals surface area contributed by atoms with Gasteiger partial charge < -0.3 is 10.1 Å². The molecule has 0 heterocycles. The van der Waals surface area contributed by atoms with Crippen LogP contribution >= 0.6 is 11.8 Å². The molecule has 0 amide bonds. The summed E-state index contributed by atoms with van der Waals surface area (Å²) in [6, 6.07) is 3.51. The Morgan fingerprint density at radius 2 is 2.18 bits per heavy atom. The molecule has 1 aromatic rings. The van der Waals surface area contributed by atoms with Crippen molar-refractivity contribution in [1.82, 2.24) is 5.32 Å². The predicted molar refractivity (Wildman–Crippen MR) is 66.4 cm³/mol. The molecule has 0 bridgehead atoms. The molecule has 0 fully saturated rings. The van der Waals surface area contributed by atoms with Gasteiger partial charge in [0, 0.05) is 30.3 Å². The number of ether oxygens (including phenoxy) is 1. The second kappa shape index (κ2) is 7.63. The van der Waals surface area contributed by atoms with Gasteiger partial charge in [-0.25, -0.2) is 8.78 Å². The molecule has 96 valence electrons. The normalized spacial score (nSPS) is 12.7. The van der Waals surface area contributed by atoms with Gasteiger partial charge >= 0.3 is 0 Å². The largest absolute Gasteiger partial charge is 0.383 e. The maximum atomic E-state index is 13.3. The molecule has 2 nitrogen and oxygen atoms in total. The number of methoxy groups -OCH3 is 1. The third-order valence-electron chi connectivity index (χ3n) is 2.14. The predicted octanol–water partition coefficient (Wildman–Crippen LogP) is 2.68. The molecule has 1 N–H and O–H groups in total. The molecule has 0 aliphatic heterocycles. The van der Waals surface area contributed by atoms with Crippen LogP contribution in [0.5, 0.6) is 0 Å². The van der Waals surface area contributed by atoms with E-state index in [4.69, 9.17) is 4.74 Å². The lowest BCUT2D eigenvalue weighted by atomic mass is 10.3. The molecule has 0 radical (unpaired) electrons. The van der Waals surface area contributed by atoms with Gasteiger partial charge in [0.1, 0.15) is 11.6 Å². The first-order chi connectivity index (χ1) is 8.13. The van der Waals surface area contributed by atoms with Crippen molar-refractivity contribution in [3.8, 4) is 0 Å². The van der Waals surface area contributed by atoms with E-state index in [1.807, 2.05) is 6.92 Å². The third kappa shape index (κ3) is 5.48. The first-order valence-corrected chi connectivity index (χ1v) is 6.33. The summed E-state index contributed by atoms with van der Waals surface area (Å²) in [6.07, 6.45) is 0. The van der Waals surface area contributed by atoms with Crippen molar-refractivity contribution in [2.45, 2.75) is 17.1 Å². The van der Waals surface area contributed by atoms with Crippen molar-refractivity contribution in [3.63, 3.8) is 0 Å². The molecule has 0 aliphatic carbocycles. The van der Waals surface area contributed by atoms with E-state index >= 15 is 0 Å². The van der Waals surface area contributed by atoms with Gasteiger partial charge in [0.05, 0.1) is 6.61 Å². The lowest BCUT2D eigenvalue weighted by molar-refractivity contribution is 0.199. The Hall–Kier alpha value is -0.650. The Morgan fingerprint density at radius 3 is 2.88 bits per heavy atom. The van der Waals surface area contributed by atoms with Crippen molar-refractivity contribution in [1.29, 1.82) is 0 Å². The summed E-state index contributed by atoms with van der Waals surface area (Å²) < 4.78 is 31.2. The zero-order valence-electron chi connectivity index (χ0n) is 10.0. The SMILES string of the molecule is COCCNCC(C)Sc1cc(F)ccc1F. The standard InChI is InChI=1S/C12H17F2NOS/c1-9(8-15-5-6-16-2)17-12-7-10(13)3-4-11(12)14/h3-4,7,9,15H,5-6,8H2,1-2H3. The van der Waals surface area contributed by atoms with E-state index in [1.165, 1.54) is 17.8 Å². The first-order valence-electron chi connectivity index (χ1n) is 5.45. The van der Waals surface area contributed by atoms with E-state index in [9.17, 15) is 8.78 Å². The van der Waals surface area contributed by atoms with Gasteiger partial charge in [-0.3, -0.25) is 0 Å². The monoisotopic (exact) mass is 261 g/mol. The summed E-state index contributed by atoms with van der Waals surface area (Å²) in [6.45, 7) is 4.09. The molecule has 0 aliphatic rings. The molecule has 1 atom stereocenters. The van der Waals surface area contributed by atoms with Crippen molar-refractivity contribution < 1.29 is 13.5 Å². The van der Waals surface area contributed by atoms with Gasteiger partial charge in [-0.2, -0.15) is 0 Å². The lowest BCUT2D eigenvalue weighted by Crippen LogP contribution is -2.26. The van der Waals surface area contributed by atoms with E-state index in [1.54, 1.807) is 7.11 Å². The molecule has 0 spiro atoms. The summed E-state index contributed by atoms with van der Waals surface area (Å²) >= 11 is 1.32. The number of hydrogen-bond acceptors (Lipinski definition) is 3. The summed E-state index contributed by atoms with van der Waals surface area (Å²) in [7, 11) is 1.64. The van der Waals surface area contributed by atoms with Crippen LogP contribution in [-0.4, -0.2) is 32.1 Å². The number of hydrogen-bond donors (Lipinski definition) is 1. The molecule has 1 aromatic carbocycles. The van der Waals surface area contributed by atoms with Gasteiger partial charge in [0.25, 0.3) is 0 Å². The second-order valence-electron chi connectivity index (χ2n) is 3.70. The van der Waals surface area contributed by atoms with Crippen molar-refractivity contribution in [3.05, 3.63) is 29.8 Å². The van der Waals surface area contributed by atoms with Crippen LogP contribution in [-0.2, 0) is 4.74 Å². The van der Waals surface area contributed by atoms with Crippen LogP contribution in [0.15, 0.2) is 23.1 Å². The van der Waals surface area contributed by atoms with Gasteiger partial charge in [-0.05, 0) is 18.2 Å². The van der Waals surface area contributed by atoms with Crippen LogP contribution in [0.4, 0.5) is 8.78 Å². The molecule has 5 heteroatoms. The Kier molecular flexibility index (Phi) is 6.47. The average molecular weight is 261 g/mol. The number of rotatable bonds is 7. The number of nitrogens with one attached hydrogen (secondary N) is 1. The Balaban J connectivity index is 2.39. The van der Waals surface area contributed by atoms with Gasteiger partial charge in [-0.15, -0.1) is 11.8 Å². The van der Waals surface area contributed by atoms with E-state index in [0.717, 1.165) is 25.2 Å². The third-order valence-corrected chi connectivity index (χ3v) is 3.27. The molecule has 17 heavy (non-hydrogen) atoms. The molecule has 0 saturated heterocycles. The number of halogens is 2. The molecular formula is C12H17F2NOS. The lowest BCUT2D eigenvalue weighted by Gasteiger charge is -2.12. The van der Waals surface area contributed by atoms with Gasteiger partial charge in [0.15, 0.2) is 0 Å². The highest BCUT2D eigenvalue weighted by Crippen LogP contribution is 2.26. The summed E-state index contributed by atoms with van der Waals surface area (Å²) in [4.78, 5) is 0.353. The summed E-state index contributed by atoms with van der Waals surface area (Å²) in [5, 5.41) is 3.35. The molecule has 0 saturated carbocycles. The zero-order valence-corrected chi connectivity index (χ0v) is 10.8. The molecule has 0 aromatic heterocycles. The fraction of sp³-hybridized carbons (Fsp3) is 0.500. The summed E-state index contributed by atoms with van der Waals surface area (Å²) in [5.74, 6) is -0.784. The Bertz CT molecular complexity index is 349. The second-order valence-corrected chi connectivity index (χ2v) is 5.18. The molecule has 1 rings (SSSR count). The Labute approximate surface area is 105 Å². The minimum atomic E-state index is -0.409. The zero-order chi connectivity index (χ0) is 12.7. The van der Waals surface area contributed by atoms with Gasteiger partial charge in [-0.1, -0.05) is 6.92 Å². The highest BCUT2D eigenvalue weighted by molar-refractivity contribution is 8.00. The highest BCUT2D eigenvalue weighted by atomic mass is 32.2. The van der Waals surface area contributed by atoms with Gasteiger partial charge in [0.2, 0.25) is 0 Å². The van der Waals surface area contributed by atoms with Crippen molar-refractivity contribution in [2.75, 3.05) is 26.8 Å². The van der Waals surface area contributed by atoms with E-state index in [2.05, 4.69) is 5.32 Å². The fourth-order valence-corrected chi connectivity index (χ4v) is 2.30. The van der Waals surface area contributed by atoms with Crippen LogP contribution in [0.2, 0.25) is 0 Å². The highest BCUT2D eigenvalue weighted by Gasteiger charge is 2.09. The average Bonchev–Trinajstić information content (AvgIpc) is 2.29. The van der Waals surface area contributed by atoms with E-state index in [-0.39, 0.29) is 11.1 Å². The van der Waals surface area contributed by atoms with Crippen LogP contribution < -0.4 is 5.32 Å². The van der Waals surface area contributed by atoms with Crippen molar-refractivity contribution >= 4 is 11.8 Å². The minimum absolute atomic E-state index is 0.170. The molecular weight excluding hydrogens is 244 g/mol. The van der Waals surface area contributed by atoms with E-state index < -0.39 is 5.82 Å². The maximum absolute atomic E-state index is 13.3. The van der Waals surface area contributed by atoms with Crippen molar-refractivity contribution in [2.24, 2.45) is 0 Å². The molecule has 1 unspecified atom stereocenters. The van der Waals surface area contributed by atoms with E-state index in [0.29, 0.717) is 11.5 Å². The first kappa shape index (κ1) is 14.4. The number of benzene rings is 1. The van der Waals surface area contributed by atoms with Crippen LogP contribution in [0.25, 0.3) is 0 Å². The van der Waals surface area contributed by atoms with Crippen LogP contribution in [0.1, 0.15) is 6.92 Å². The minimum Gasteiger partial charge on any atom is -0.383 e. The smallest absolute Gasteiger partial charge is 0.136 e. The fourth-order valence-electron chi connectivity index (χ4n) is 1.31. The van der Waals surface area contributed by atoms with Crippen LogP contribution in [0, 0.1) is 11.6 Å². The maximum Gasteiger partial charge on any atom is 0.136 e. The Morgan fingerprint density at radius 1 is 1.41 bits per heavy atom. The number of thioether (sulfide) groups is 1. The summed E-state index contributed by atoms with van der Waals surface area (Å²) in [5.41, 5.74) is 0.